The predicted molar refractivity (Wildman–Crippen MR) is 102 cm³/mol. The Morgan fingerprint density at radius 1 is 1.18 bits per heavy atom. The Morgan fingerprint density at radius 2 is 1.93 bits per heavy atom. The number of hydrogen-bond acceptors (Lipinski definition) is 7. The van der Waals surface area contributed by atoms with Crippen molar-refractivity contribution in [1.29, 1.82) is 0 Å². The Balaban J connectivity index is 1.52. The van der Waals surface area contributed by atoms with Crippen molar-refractivity contribution < 1.29 is 9.72 Å². The number of aryl methyl sites for hydroxylation is 1. The molecule has 1 aliphatic rings. The van der Waals surface area contributed by atoms with Gasteiger partial charge in [-0.2, -0.15) is 5.10 Å². The number of piperazine rings is 1. The molecule has 0 atom stereocenters. The first-order valence-corrected chi connectivity index (χ1v) is 8.88. The summed E-state index contributed by atoms with van der Waals surface area (Å²) < 4.78 is 1.70. The van der Waals surface area contributed by atoms with Crippen LogP contribution in [0.15, 0.2) is 30.7 Å². The lowest BCUT2D eigenvalue weighted by atomic mass is 10.1. The van der Waals surface area contributed by atoms with Crippen molar-refractivity contribution in [1.82, 2.24) is 24.6 Å². The van der Waals surface area contributed by atoms with E-state index in [9.17, 15) is 14.9 Å². The molecule has 3 aromatic rings. The second kappa shape index (κ2) is 6.87. The summed E-state index contributed by atoms with van der Waals surface area (Å²) in [6.45, 7) is 3.85. The molecule has 1 saturated heterocycles. The second-order valence-electron chi connectivity index (χ2n) is 6.69. The van der Waals surface area contributed by atoms with Gasteiger partial charge in [-0.25, -0.2) is 9.97 Å². The summed E-state index contributed by atoms with van der Waals surface area (Å²) in [6.07, 6.45) is 3.26. The first-order chi connectivity index (χ1) is 13.5. The van der Waals surface area contributed by atoms with Crippen LogP contribution in [-0.4, -0.2) is 61.7 Å². The van der Waals surface area contributed by atoms with E-state index in [1.165, 1.54) is 12.4 Å². The average Bonchev–Trinajstić information content (AvgIpc) is 3.09. The van der Waals surface area contributed by atoms with Gasteiger partial charge in [0.15, 0.2) is 5.65 Å². The van der Waals surface area contributed by atoms with Crippen molar-refractivity contribution in [2.24, 2.45) is 7.05 Å². The molecule has 28 heavy (non-hydrogen) atoms. The Labute approximate surface area is 160 Å². The van der Waals surface area contributed by atoms with Gasteiger partial charge in [0.05, 0.1) is 16.5 Å². The van der Waals surface area contributed by atoms with Crippen LogP contribution in [0.4, 0.5) is 11.5 Å². The standard InChI is InChI=1S/C18H19N7O3/c1-12-13(4-3-5-15(12)25(27)28)18(26)24-8-6-23(7-9-24)17-14-10-21-22(2)16(14)19-11-20-17/h3-5,10-11H,6-9H2,1-2H3. The molecule has 1 amide bonds. The summed E-state index contributed by atoms with van der Waals surface area (Å²) in [4.78, 5) is 36.1. The van der Waals surface area contributed by atoms with Gasteiger partial charge in [-0.1, -0.05) is 6.07 Å². The lowest BCUT2D eigenvalue weighted by molar-refractivity contribution is -0.385. The Hall–Kier alpha value is -3.56. The highest BCUT2D eigenvalue weighted by atomic mass is 16.6. The molecule has 3 heterocycles. The second-order valence-corrected chi connectivity index (χ2v) is 6.69. The van der Waals surface area contributed by atoms with Gasteiger partial charge in [0, 0.05) is 50.4 Å². The zero-order valence-electron chi connectivity index (χ0n) is 15.6. The maximum Gasteiger partial charge on any atom is 0.273 e. The van der Waals surface area contributed by atoms with E-state index in [4.69, 9.17) is 0 Å². The number of benzene rings is 1. The highest BCUT2D eigenvalue weighted by molar-refractivity contribution is 5.97. The fraction of sp³-hybridized carbons (Fsp3) is 0.333. The molecule has 0 bridgehead atoms. The number of aromatic nitrogens is 4. The Kier molecular flexibility index (Phi) is 4.38. The van der Waals surface area contributed by atoms with Gasteiger partial charge < -0.3 is 9.80 Å². The van der Waals surface area contributed by atoms with Gasteiger partial charge >= 0.3 is 0 Å². The number of rotatable bonds is 3. The van der Waals surface area contributed by atoms with Gasteiger partial charge in [-0.15, -0.1) is 0 Å². The van der Waals surface area contributed by atoms with Crippen molar-refractivity contribution in [3.05, 3.63) is 52.0 Å². The molecule has 4 rings (SSSR count). The normalized spacial score (nSPS) is 14.5. The van der Waals surface area contributed by atoms with Crippen LogP contribution in [-0.2, 0) is 7.05 Å². The quantitative estimate of drug-likeness (QED) is 0.500. The van der Waals surface area contributed by atoms with E-state index in [1.54, 1.807) is 34.8 Å². The monoisotopic (exact) mass is 381 g/mol. The van der Waals surface area contributed by atoms with E-state index in [1.807, 2.05) is 7.05 Å². The van der Waals surface area contributed by atoms with Gasteiger partial charge in [-0.3, -0.25) is 19.6 Å². The third kappa shape index (κ3) is 2.92. The van der Waals surface area contributed by atoms with Crippen LogP contribution in [0.2, 0.25) is 0 Å². The van der Waals surface area contributed by atoms with Gasteiger partial charge in [-0.05, 0) is 13.0 Å². The summed E-state index contributed by atoms with van der Waals surface area (Å²) >= 11 is 0. The molecular formula is C18H19N7O3. The summed E-state index contributed by atoms with van der Waals surface area (Å²) in [6, 6.07) is 4.60. The number of anilines is 1. The maximum atomic E-state index is 12.9. The average molecular weight is 381 g/mol. The van der Waals surface area contributed by atoms with E-state index in [-0.39, 0.29) is 11.6 Å². The molecule has 0 N–H and O–H groups in total. The van der Waals surface area contributed by atoms with Crippen molar-refractivity contribution in [3.63, 3.8) is 0 Å². The van der Waals surface area contributed by atoms with Crippen molar-refractivity contribution in [2.75, 3.05) is 31.1 Å². The smallest absolute Gasteiger partial charge is 0.273 e. The summed E-state index contributed by atoms with van der Waals surface area (Å²) in [5, 5.41) is 16.2. The first-order valence-electron chi connectivity index (χ1n) is 8.88. The number of hydrogen-bond donors (Lipinski definition) is 0. The lowest BCUT2D eigenvalue weighted by Crippen LogP contribution is -2.49. The number of carbonyl (C=O) groups is 1. The van der Waals surface area contributed by atoms with Crippen LogP contribution in [0, 0.1) is 17.0 Å². The summed E-state index contributed by atoms with van der Waals surface area (Å²) in [5.41, 5.74) is 1.49. The van der Waals surface area contributed by atoms with Crippen LogP contribution < -0.4 is 4.90 Å². The van der Waals surface area contributed by atoms with Gasteiger partial charge in [0.2, 0.25) is 0 Å². The molecule has 0 aliphatic carbocycles. The first kappa shape index (κ1) is 17.8. The Morgan fingerprint density at radius 3 is 2.64 bits per heavy atom. The SMILES string of the molecule is Cc1c(C(=O)N2CCN(c3ncnc4c3cnn4C)CC2)cccc1[N+](=O)[O-]. The molecule has 10 heteroatoms. The van der Waals surface area contributed by atoms with Crippen molar-refractivity contribution >= 4 is 28.4 Å². The van der Waals surface area contributed by atoms with E-state index in [0.29, 0.717) is 37.3 Å². The zero-order chi connectivity index (χ0) is 19.8. The molecule has 0 radical (unpaired) electrons. The lowest BCUT2D eigenvalue weighted by Gasteiger charge is -2.35. The molecule has 2 aromatic heterocycles. The highest BCUT2D eigenvalue weighted by Crippen LogP contribution is 2.25. The van der Waals surface area contributed by atoms with Gasteiger partial charge in [0.25, 0.3) is 11.6 Å². The number of nitrogens with zero attached hydrogens (tertiary/aromatic N) is 7. The molecule has 0 saturated carbocycles. The van der Waals surface area contributed by atoms with E-state index < -0.39 is 4.92 Å². The van der Waals surface area contributed by atoms with E-state index >= 15 is 0 Å². The molecule has 10 nitrogen and oxygen atoms in total. The fourth-order valence-corrected chi connectivity index (χ4v) is 3.55. The van der Waals surface area contributed by atoms with Crippen molar-refractivity contribution in [2.45, 2.75) is 6.92 Å². The topological polar surface area (TPSA) is 110 Å². The number of amides is 1. The number of nitro benzene ring substituents is 1. The Bertz CT molecular complexity index is 1070. The maximum absolute atomic E-state index is 12.9. The molecule has 144 valence electrons. The fourth-order valence-electron chi connectivity index (χ4n) is 3.55. The minimum absolute atomic E-state index is 0.0376. The van der Waals surface area contributed by atoms with Crippen LogP contribution in [0.3, 0.4) is 0 Å². The number of carbonyl (C=O) groups excluding carboxylic acids is 1. The molecule has 0 unspecified atom stereocenters. The molecule has 1 fully saturated rings. The third-order valence-corrected chi connectivity index (χ3v) is 5.11. The number of nitro groups is 1. The minimum atomic E-state index is -0.460. The largest absolute Gasteiger partial charge is 0.352 e. The molecule has 0 spiro atoms. The molecule has 1 aromatic carbocycles. The summed E-state index contributed by atoms with van der Waals surface area (Å²) in [7, 11) is 1.83. The van der Waals surface area contributed by atoms with Crippen LogP contribution in [0.25, 0.3) is 11.0 Å². The summed E-state index contributed by atoms with van der Waals surface area (Å²) in [5.74, 6) is 0.617. The van der Waals surface area contributed by atoms with E-state index in [0.717, 1.165) is 16.9 Å². The van der Waals surface area contributed by atoms with Crippen LogP contribution in [0.1, 0.15) is 15.9 Å². The van der Waals surface area contributed by atoms with E-state index in [2.05, 4.69) is 20.0 Å². The number of fused-ring (bicyclic) bond motifs is 1. The van der Waals surface area contributed by atoms with Crippen LogP contribution in [0.5, 0.6) is 0 Å². The predicted octanol–water partition coefficient (Wildman–Crippen LogP) is 1.54. The molecule has 1 aliphatic heterocycles. The third-order valence-electron chi connectivity index (χ3n) is 5.11. The van der Waals surface area contributed by atoms with Crippen LogP contribution >= 0.6 is 0 Å². The highest BCUT2D eigenvalue weighted by Gasteiger charge is 2.27. The van der Waals surface area contributed by atoms with Crippen molar-refractivity contribution in [3.8, 4) is 0 Å². The van der Waals surface area contributed by atoms with Gasteiger partial charge in [0.1, 0.15) is 12.1 Å². The zero-order valence-corrected chi connectivity index (χ0v) is 15.6. The molecular weight excluding hydrogens is 362 g/mol. The minimum Gasteiger partial charge on any atom is -0.352 e.